The molecule has 0 amide bonds. The lowest BCUT2D eigenvalue weighted by atomic mass is 10.1. The highest BCUT2D eigenvalue weighted by molar-refractivity contribution is 7.89. The van der Waals surface area contributed by atoms with Crippen molar-refractivity contribution in [3.05, 3.63) is 47.5 Å². The zero-order valence-corrected chi connectivity index (χ0v) is 13.0. The van der Waals surface area contributed by atoms with E-state index in [1.165, 1.54) is 0 Å². The van der Waals surface area contributed by atoms with E-state index in [0.29, 0.717) is 24.4 Å². The number of hydrogen-bond acceptors (Lipinski definition) is 4. The highest BCUT2D eigenvalue weighted by Gasteiger charge is 2.14. The van der Waals surface area contributed by atoms with Crippen molar-refractivity contribution in [3.63, 3.8) is 0 Å². The number of H-pyrrole nitrogens is 1. The minimum atomic E-state index is -3.48. The van der Waals surface area contributed by atoms with Crippen molar-refractivity contribution in [1.82, 2.24) is 20.0 Å². The third-order valence-electron chi connectivity index (χ3n) is 3.24. The molecule has 0 saturated heterocycles. The molecule has 21 heavy (non-hydrogen) atoms. The first-order valence-corrected chi connectivity index (χ1v) is 8.22. The Kier molecular flexibility index (Phi) is 5.11. The lowest BCUT2D eigenvalue weighted by molar-refractivity contribution is 0.581. The van der Waals surface area contributed by atoms with Crippen molar-refractivity contribution >= 4 is 10.0 Å². The summed E-state index contributed by atoms with van der Waals surface area (Å²) in [4.78, 5) is 7.13. The van der Waals surface area contributed by atoms with Gasteiger partial charge < -0.3 is 10.3 Å². The van der Waals surface area contributed by atoms with Gasteiger partial charge in [0, 0.05) is 31.4 Å². The number of hydrogen-bond donors (Lipinski definition) is 3. The van der Waals surface area contributed by atoms with Gasteiger partial charge in [0.1, 0.15) is 0 Å². The molecule has 3 N–H and O–H groups in total. The van der Waals surface area contributed by atoms with E-state index in [9.17, 15) is 8.42 Å². The van der Waals surface area contributed by atoms with Gasteiger partial charge in [-0.3, -0.25) is 0 Å². The Bertz CT molecular complexity index is 681. The van der Waals surface area contributed by atoms with Crippen LogP contribution in [0.25, 0.3) is 0 Å². The first-order chi connectivity index (χ1) is 10.0. The second-order valence-corrected chi connectivity index (χ2v) is 6.61. The number of aryl methyl sites for hydroxylation is 1. The minimum Gasteiger partial charge on any atom is -0.348 e. The highest BCUT2D eigenvalue weighted by Crippen LogP contribution is 2.15. The summed E-state index contributed by atoms with van der Waals surface area (Å²) in [6.07, 6.45) is 3.84. The van der Waals surface area contributed by atoms with Crippen molar-refractivity contribution in [2.45, 2.75) is 24.8 Å². The molecule has 0 atom stereocenters. The van der Waals surface area contributed by atoms with Gasteiger partial charge in [0.2, 0.25) is 10.0 Å². The van der Waals surface area contributed by atoms with Crippen LogP contribution in [-0.2, 0) is 23.0 Å². The summed E-state index contributed by atoms with van der Waals surface area (Å²) in [5.74, 6) is 0. The van der Waals surface area contributed by atoms with Gasteiger partial charge in [0.05, 0.1) is 11.2 Å². The van der Waals surface area contributed by atoms with Crippen LogP contribution in [0, 0.1) is 6.92 Å². The Labute approximate surface area is 125 Å². The fourth-order valence-corrected chi connectivity index (χ4v) is 3.10. The van der Waals surface area contributed by atoms with Gasteiger partial charge in [-0.05, 0) is 37.2 Å². The molecule has 0 aliphatic carbocycles. The summed E-state index contributed by atoms with van der Waals surface area (Å²) >= 11 is 0. The normalized spacial score (nSPS) is 11.7. The highest BCUT2D eigenvalue weighted by atomic mass is 32.2. The van der Waals surface area contributed by atoms with Gasteiger partial charge in [0.15, 0.2) is 0 Å². The molecule has 0 fully saturated rings. The summed E-state index contributed by atoms with van der Waals surface area (Å²) in [5, 5.41) is 3.04. The van der Waals surface area contributed by atoms with Crippen molar-refractivity contribution in [2.24, 2.45) is 0 Å². The summed E-state index contributed by atoms with van der Waals surface area (Å²) in [5.41, 5.74) is 2.95. The summed E-state index contributed by atoms with van der Waals surface area (Å²) in [6, 6.07) is 5.17. The molecule has 0 aliphatic rings. The lowest BCUT2D eigenvalue weighted by Gasteiger charge is -2.10. The monoisotopic (exact) mass is 308 g/mol. The van der Waals surface area contributed by atoms with E-state index < -0.39 is 10.0 Å². The third kappa shape index (κ3) is 4.13. The molecule has 0 spiro atoms. The average Bonchev–Trinajstić information content (AvgIpc) is 2.94. The quantitative estimate of drug-likeness (QED) is 0.711. The van der Waals surface area contributed by atoms with E-state index >= 15 is 0 Å². The van der Waals surface area contributed by atoms with E-state index in [0.717, 1.165) is 16.8 Å². The molecule has 0 radical (unpaired) electrons. The Morgan fingerprint density at radius 3 is 2.81 bits per heavy atom. The van der Waals surface area contributed by atoms with E-state index in [1.54, 1.807) is 24.7 Å². The molecule has 0 saturated carbocycles. The molecule has 2 aromatic rings. The second kappa shape index (κ2) is 6.84. The van der Waals surface area contributed by atoms with Crippen LogP contribution in [-0.4, -0.2) is 32.0 Å². The smallest absolute Gasteiger partial charge is 0.240 e. The van der Waals surface area contributed by atoms with Crippen molar-refractivity contribution in [1.29, 1.82) is 0 Å². The number of nitrogens with zero attached hydrogens (tertiary/aromatic N) is 1. The fraction of sp³-hybridized carbons (Fsp3) is 0.357. The summed E-state index contributed by atoms with van der Waals surface area (Å²) < 4.78 is 27.1. The zero-order chi connectivity index (χ0) is 15.3. The molecule has 114 valence electrons. The molecular weight excluding hydrogens is 288 g/mol. The third-order valence-corrected chi connectivity index (χ3v) is 4.70. The summed E-state index contributed by atoms with van der Waals surface area (Å²) in [6.45, 7) is 2.94. The Hall–Kier alpha value is -1.70. The number of rotatable bonds is 7. The van der Waals surface area contributed by atoms with Gasteiger partial charge in [0.25, 0.3) is 0 Å². The van der Waals surface area contributed by atoms with Crippen LogP contribution in [0.1, 0.15) is 16.8 Å². The molecule has 2 rings (SSSR count). The van der Waals surface area contributed by atoms with Gasteiger partial charge >= 0.3 is 0 Å². The molecular formula is C14H20N4O2S. The molecule has 6 nitrogen and oxygen atoms in total. The molecule has 0 bridgehead atoms. The van der Waals surface area contributed by atoms with Crippen LogP contribution >= 0.6 is 0 Å². The topological polar surface area (TPSA) is 86.9 Å². The van der Waals surface area contributed by atoms with Crippen molar-refractivity contribution in [3.8, 4) is 0 Å². The molecule has 0 unspecified atom stereocenters. The van der Waals surface area contributed by atoms with Gasteiger partial charge in [-0.25, -0.2) is 18.1 Å². The zero-order valence-electron chi connectivity index (χ0n) is 12.2. The van der Waals surface area contributed by atoms with Crippen LogP contribution in [0.5, 0.6) is 0 Å². The van der Waals surface area contributed by atoms with Crippen molar-refractivity contribution < 1.29 is 8.42 Å². The molecule has 1 aromatic carbocycles. The van der Waals surface area contributed by atoms with E-state index in [-0.39, 0.29) is 0 Å². The summed E-state index contributed by atoms with van der Waals surface area (Å²) in [7, 11) is -1.65. The maximum absolute atomic E-state index is 12.3. The van der Waals surface area contributed by atoms with Crippen LogP contribution in [0.4, 0.5) is 0 Å². The van der Waals surface area contributed by atoms with Crippen molar-refractivity contribution in [2.75, 3.05) is 13.6 Å². The maximum Gasteiger partial charge on any atom is 0.240 e. The van der Waals surface area contributed by atoms with Gasteiger partial charge in [-0.2, -0.15) is 0 Å². The average molecular weight is 308 g/mol. The number of benzene rings is 1. The molecule has 1 aromatic heterocycles. The first-order valence-electron chi connectivity index (χ1n) is 6.74. The van der Waals surface area contributed by atoms with Crippen LogP contribution in [0.2, 0.25) is 0 Å². The number of sulfonamides is 1. The fourth-order valence-electron chi connectivity index (χ4n) is 2.02. The van der Waals surface area contributed by atoms with Crippen LogP contribution in [0.15, 0.2) is 35.6 Å². The number of aromatic amines is 1. The van der Waals surface area contributed by atoms with Crippen LogP contribution < -0.4 is 10.0 Å². The van der Waals surface area contributed by atoms with E-state index in [2.05, 4.69) is 20.0 Å². The molecule has 1 heterocycles. The van der Waals surface area contributed by atoms with Crippen LogP contribution in [0.3, 0.4) is 0 Å². The predicted molar refractivity (Wildman–Crippen MR) is 81.4 cm³/mol. The van der Waals surface area contributed by atoms with Gasteiger partial charge in [-0.1, -0.05) is 6.07 Å². The minimum absolute atomic E-state index is 0.294. The number of imidazole rings is 1. The molecule has 0 aliphatic heterocycles. The lowest BCUT2D eigenvalue weighted by Crippen LogP contribution is -2.26. The SMILES string of the molecule is CNCc1cc(S(=O)(=O)NCCc2cnc[nH]2)ccc1C. The Morgan fingerprint density at radius 1 is 1.33 bits per heavy atom. The van der Waals surface area contributed by atoms with E-state index in [4.69, 9.17) is 0 Å². The number of aromatic nitrogens is 2. The van der Waals surface area contributed by atoms with Gasteiger partial charge in [-0.15, -0.1) is 0 Å². The predicted octanol–water partition coefficient (Wildman–Crippen LogP) is 0.959. The second-order valence-electron chi connectivity index (χ2n) is 4.84. The maximum atomic E-state index is 12.3. The molecule has 7 heteroatoms. The van der Waals surface area contributed by atoms with E-state index in [1.807, 2.05) is 20.0 Å². The largest absolute Gasteiger partial charge is 0.348 e. The number of nitrogens with one attached hydrogen (secondary N) is 3. The Morgan fingerprint density at radius 2 is 2.14 bits per heavy atom. The standard InChI is InChI=1S/C14H20N4O2S/c1-11-3-4-14(7-12(11)8-15-2)21(19,20)18-6-5-13-9-16-10-17-13/h3-4,7,9-10,15,18H,5-6,8H2,1-2H3,(H,16,17). The Balaban J connectivity index is 2.06. The first kappa shape index (κ1) is 15.7.